The Morgan fingerprint density at radius 3 is 2.53 bits per heavy atom. The predicted octanol–water partition coefficient (Wildman–Crippen LogP) is 4.84. The Balaban J connectivity index is 1.62. The third kappa shape index (κ3) is 6.25. The highest BCUT2D eigenvalue weighted by molar-refractivity contribution is 7.19. The van der Waals surface area contributed by atoms with E-state index in [0.29, 0.717) is 46.0 Å². The van der Waals surface area contributed by atoms with E-state index in [9.17, 15) is 9.59 Å². The Kier molecular flexibility index (Phi) is 9.17. The molecule has 0 spiro atoms. The molecule has 1 amide bonds. The molecule has 0 radical (unpaired) electrons. The minimum absolute atomic E-state index is 0.0430. The maximum absolute atomic E-state index is 13.0. The first-order valence-electron chi connectivity index (χ1n) is 10.9. The van der Waals surface area contributed by atoms with Gasteiger partial charge in [0.05, 0.1) is 32.1 Å². The van der Waals surface area contributed by atoms with Crippen LogP contribution in [0.15, 0.2) is 39.5 Å². The molecule has 0 aliphatic heterocycles. The van der Waals surface area contributed by atoms with Gasteiger partial charge in [-0.2, -0.15) is 4.37 Å². The second kappa shape index (κ2) is 12.5. The lowest BCUT2D eigenvalue weighted by Crippen LogP contribution is -2.29. The number of benzene rings is 1. The maximum Gasteiger partial charge on any atom is 0.381 e. The molecule has 0 fully saturated rings. The molecule has 200 valence electrons. The van der Waals surface area contributed by atoms with E-state index in [0.717, 1.165) is 28.4 Å². The van der Waals surface area contributed by atoms with Gasteiger partial charge in [-0.3, -0.25) is 10.1 Å². The van der Waals surface area contributed by atoms with E-state index in [2.05, 4.69) is 19.9 Å². The first-order chi connectivity index (χ1) is 18.3. The summed E-state index contributed by atoms with van der Waals surface area (Å²) in [7, 11) is 4.52. The predicted molar refractivity (Wildman–Crippen MR) is 146 cm³/mol. The molecule has 4 aromatic rings. The van der Waals surface area contributed by atoms with Gasteiger partial charge in [0.1, 0.15) is 10.1 Å². The quantitative estimate of drug-likeness (QED) is 0.256. The lowest BCUT2D eigenvalue weighted by atomic mass is 10.2. The van der Waals surface area contributed by atoms with E-state index in [1.807, 2.05) is 29.2 Å². The van der Waals surface area contributed by atoms with Gasteiger partial charge < -0.3 is 23.5 Å². The summed E-state index contributed by atoms with van der Waals surface area (Å²) in [4.78, 5) is 27.7. The van der Waals surface area contributed by atoms with Gasteiger partial charge in [-0.15, -0.1) is 10.2 Å². The molecular formula is C23H21Cl2N5O6S2. The molecule has 1 N–H and O–H groups in total. The van der Waals surface area contributed by atoms with Gasteiger partial charge in [-0.25, -0.2) is 4.79 Å². The van der Waals surface area contributed by atoms with E-state index in [4.69, 9.17) is 41.8 Å². The summed E-state index contributed by atoms with van der Waals surface area (Å²) in [6.07, 6.45) is 0. The average molecular weight is 598 g/mol. The van der Waals surface area contributed by atoms with Crippen molar-refractivity contribution in [3.63, 3.8) is 0 Å². The number of methoxy groups -OCH3 is 3. The van der Waals surface area contributed by atoms with Crippen molar-refractivity contribution in [2.24, 2.45) is 0 Å². The van der Waals surface area contributed by atoms with Crippen molar-refractivity contribution in [2.45, 2.75) is 6.54 Å². The summed E-state index contributed by atoms with van der Waals surface area (Å²) in [5.74, 6) is -0.272. The van der Waals surface area contributed by atoms with Crippen molar-refractivity contribution in [1.82, 2.24) is 14.6 Å². The average Bonchev–Trinajstić information content (AvgIpc) is 3.51. The maximum atomic E-state index is 13.0. The van der Waals surface area contributed by atoms with Crippen molar-refractivity contribution in [3.8, 4) is 22.1 Å². The Bertz CT molecular complexity index is 1450. The summed E-state index contributed by atoms with van der Waals surface area (Å²) in [5, 5.41) is 11.3. The zero-order chi connectivity index (χ0) is 27.2. The molecule has 0 saturated carbocycles. The number of amides is 1. The SMILES string of the molecule is COCCN(Cc1ccc(OC)cc1)c1cc(C(=O)Nc2nnc(-c3c(Cl)nsc3Cl)s2)oc(=O)c1OC. The number of rotatable bonds is 11. The summed E-state index contributed by atoms with van der Waals surface area (Å²) >= 11 is 14.3. The van der Waals surface area contributed by atoms with Crippen molar-refractivity contribution in [2.75, 3.05) is 44.7 Å². The van der Waals surface area contributed by atoms with Crippen LogP contribution < -0.4 is 25.3 Å². The van der Waals surface area contributed by atoms with Gasteiger partial charge in [0.25, 0.3) is 5.91 Å². The minimum atomic E-state index is -0.812. The Morgan fingerprint density at radius 1 is 1.13 bits per heavy atom. The number of carbonyl (C=O) groups excluding carboxylic acids is 1. The van der Waals surface area contributed by atoms with Crippen LogP contribution in [0.1, 0.15) is 16.1 Å². The number of hydrogen-bond donors (Lipinski definition) is 1. The second-order valence-electron chi connectivity index (χ2n) is 7.57. The van der Waals surface area contributed by atoms with Crippen molar-refractivity contribution in [1.29, 1.82) is 0 Å². The molecule has 3 heterocycles. The van der Waals surface area contributed by atoms with Crippen LogP contribution in [-0.4, -0.2) is 55.0 Å². The number of anilines is 2. The lowest BCUT2D eigenvalue weighted by molar-refractivity contribution is 0.0991. The van der Waals surface area contributed by atoms with Gasteiger partial charge >= 0.3 is 5.63 Å². The normalized spacial score (nSPS) is 10.9. The molecule has 15 heteroatoms. The number of ether oxygens (including phenoxy) is 3. The Labute approximate surface area is 235 Å². The third-order valence-corrected chi connectivity index (χ3v) is 7.49. The van der Waals surface area contributed by atoms with Crippen LogP contribution in [0, 0.1) is 0 Å². The van der Waals surface area contributed by atoms with Crippen LogP contribution in [0.25, 0.3) is 10.6 Å². The molecular weight excluding hydrogens is 577 g/mol. The second-order valence-corrected chi connectivity index (χ2v) is 10.3. The van der Waals surface area contributed by atoms with E-state index >= 15 is 0 Å². The molecule has 4 rings (SSSR count). The highest BCUT2D eigenvalue weighted by atomic mass is 35.5. The third-order valence-electron chi connectivity index (χ3n) is 5.22. The van der Waals surface area contributed by atoms with Crippen LogP contribution in [0.3, 0.4) is 0 Å². The number of hydrogen-bond acceptors (Lipinski definition) is 12. The van der Waals surface area contributed by atoms with Gasteiger partial charge in [0.2, 0.25) is 10.9 Å². The van der Waals surface area contributed by atoms with Gasteiger partial charge in [-0.05, 0) is 29.2 Å². The number of nitrogens with one attached hydrogen (secondary N) is 1. The summed E-state index contributed by atoms with van der Waals surface area (Å²) < 4.78 is 25.4. The highest BCUT2D eigenvalue weighted by Crippen LogP contribution is 2.39. The van der Waals surface area contributed by atoms with Crippen molar-refractivity contribution >= 4 is 62.8 Å². The number of aromatic nitrogens is 3. The number of nitrogens with zero attached hydrogens (tertiary/aromatic N) is 4. The molecule has 0 unspecified atom stereocenters. The van der Waals surface area contributed by atoms with E-state index in [-0.39, 0.29) is 21.8 Å². The fourth-order valence-electron chi connectivity index (χ4n) is 3.40. The van der Waals surface area contributed by atoms with Gasteiger partial charge in [0.15, 0.2) is 15.9 Å². The van der Waals surface area contributed by atoms with Crippen LogP contribution in [0.2, 0.25) is 9.49 Å². The Hall–Kier alpha value is -3.23. The fourth-order valence-corrected chi connectivity index (χ4v) is 5.58. The van der Waals surface area contributed by atoms with E-state index in [1.165, 1.54) is 13.2 Å². The molecule has 11 nitrogen and oxygen atoms in total. The standard InChI is InChI=1S/C23H21Cl2N5O6S2/c1-33-9-8-30(11-12-4-6-13(34-2)7-5-12)14-10-15(36-22(32)17(14)35-3)20(31)26-23-28-27-21(37-23)16-18(24)29-38-19(16)25/h4-7,10H,8-9,11H2,1-3H3,(H,26,28,31). The molecule has 0 bridgehead atoms. The van der Waals surface area contributed by atoms with Crippen LogP contribution >= 0.6 is 46.1 Å². The Morgan fingerprint density at radius 2 is 1.89 bits per heavy atom. The summed E-state index contributed by atoms with van der Waals surface area (Å²) in [5.41, 5.74) is 0.919. The fraction of sp³-hybridized carbons (Fsp3) is 0.261. The largest absolute Gasteiger partial charge is 0.497 e. The van der Waals surface area contributed by atoms with Crippen molar-refractivity contribution in [3.05, 3.63) is 61.6 Å². The van der Waals surface area contributed by atoms with E-state index < -0.39 is 11.5 Å². The van der Waals surface area contributed by atoms with E-state index in [1.54, 1.807) is 14.2 Å². The first-order valence-corrected chi connectivity index (χ1v) is 13.2. The van der Waals surface area contributed by atoms with Gasteiger partial charge in [-0.1, -0.05) is 46.7 Å². The molecule has 0 saturated heterocycles. The zero-order valence-electron chi connectivity index (χ0n) is 20.3. The molecule has 1 aromatic carbocycles. The van der Waals surface area contributed by atoms with Crippen LogP contribution in [0.5, 0.6) is 11.5 Å². The minimum Gasteiger partial charge on any atom is -0.497 e. The smallest absolute Gasteiger partial charge is 0.381 e. The van der Waals surface area contributed by atoms with Crippen LogP contribution in [0.4, 0.5) is 10.8 Å². The topological polar surface area (TPSA) is 129 Å². The summed E-state index contributed by atoms with van der Waals surface area (Å²) in [6, 6.07) is 8.91. The summed E-state index contributed by atoms with van der Waals surface area (Å²) in [6.45, 7) is 1.15. The molecule has 38 heavy (non-hydrogen) atoms. The highest BCUT2D eigenvalue weighted by Gasteiger charge is 2.23. The monoisotopic (exact) mass is 597 g/mol. The molecule has 3 aromatic heterocycles. The molecule has 0 aliphatic carbocycles. The lowest BCUT2D eigenvalue weighted by Gasteiger charge is -2.26. The zero-order valence-corrected chi connectivity index (χ0v) is 23.5. The molecule has 0 aliphatic rings. The number of halogens is 2. The van der Waals surface area contributed by atoms with Crippen LogP contribution in [-0.2, 0) is 11.3 Å². The molecule has 0 atom stereocenters. The number of carbonyl (C=O) groups is 1. The first kappa shape index (κ1) is 27.8. The van der Waals surface area contributed by atoms with Gasteiger partial charge in [0, 0.05) is 26.3 Å². The van der Waals surface area contributed by atoms with Crippen molar-refractivity contribution < 1.29 is 23.4 Å².